The summed E-state index contributed by atoms with van der Waals surface area (Å²) in [6.07, 6.45) is 17.3. The molecule has 0 N–H and O–H groups in total. The second-order valence-electron chi connectivity index (χ2n) is 3.07. The Labute approximate surface area is 98.5 Å². The lowest BCUT2D eigenvalue weighted by Gasteiger charge is -1.94. The van der Waals surface area contributed by atoms with Crippen molar-refractivity contribution < 1.29 is 0 Å². The maximum atomic E-state index is 4.13. The summed E-state index contributed by atoms with van der Waals surface area (Å²) in [5.74, 6) is 0. The third-order valence-corrected chi connectivity index (χ3v) is 1.76. The van der Waals surface area contributed by atoms with Gasteiger partial charge in [0.1, 0.15) is 0 Å². The van der Waals surface area contributed by atoms with E-state index in [1.807, 2.05) is 37.3 Å². The predicted octanol–water partition coefficient (Wildman–Crippen LogP) is 3.74. The highest BCUT2D eigenvalue weighted by atomic mass is 14.7. The van der Waals surface area contributed by atoms with E-state index in [0.29, 0.717) is 0 Å². The van der Waals surface area contributed by atoms with E-state index in [4.69, 9.17) is 0 Å². The monoisotopic (exact) mass is 216 g/mol. The van der Waals surface area contributed by atoms with Crippen molar-refractivity contribution in [2.75, 3.05) is 7.05 Å². The molecule has 0 fully saturated rings. The second-order valence-corrected chi connectivity index (χ2v) is 3.07. The molecular weight excluding hydrogens is 196 g/mol. The Bertz CT molecular complexity index is 318. The fraction of sp³-hybridized carbons (Fsp3) is 0.286. The minimum Gasteiger partial charge on any atom is -0.295 e. The van der Waals surface area contributed by atoms with Crippen LogP contribution in [-0.4, -0.2) is 19.0 Å². The van der Waals surface area contributed by atoms with Crippen LogP contribution in [0.5, 0.6) is 0 Å². The van der Waals surface area contributed by atoms with Crippen molar-refractivity contribution in [1.82, 2.24) is 0 Å². The van der Waals surface area contributed by atoms with E-state index in [9.17, 15) is 0 Å². The molecule has 0 heterocycles. The number of allylic oxidation sites excluding steroid dienone is 6. The van der Waals surface area contributed by atoms with Crippen LogP contribution in [0.2, 0.25) is 0 Å². The normalized spacial score (nSPS) is 13.8. The Morgan fingerprint density at radius 2 is 1.94 bits per heavy atom. The standard InChI is InChI=1S/C14H20N2/c1-4-6-7-8-9-10-11-12-14(13-15-3)16-5-2/h4-10,13H,2,11-12H2,1,3H3/b6-4?,8-7-,10-9-,15-13-,16-14-. The van der Waals surface area contributed by atoms with Crippen LogP contribution in [0, 0.1) is 0 Å². The first-order valence-corrected chi connectivity index (χ1v) is 5.39. The van der Waals surface area contributed by atoms with Gasteiger partial charge in [-0.05, 0) is 19.8 Å². The van der Waals surface area contributed by atoms with Gasteiger partial charge >= 0.3 is 0 Å². The Hall–Kier alpha value is -1.70. The van der Waals surface area contributed by atoms with Gasteiger partial charge in [-0.1, -0.05) is 43.0 Å². The topological polar surface area (TPSA) is 24.7 Å². The molecular formula is C14H20N2. The molecule has 86 valence electrons. The smallest absolute Gasteiger partial charge is 0.0584 e. The molecule has 0 saturated heterocycles. The highest BCUT2D eigenvalue weighted by Gasteiger charge is 1.91. The molecule has 2 heteroatoms. The molecule has 0 aliphatic rings. The Morgan fingerprint density at radius 1 is 1.19 bits per heavy atom. The third-order valence-electron chi connectivity index (χ3n) is 1.76. The summed E-state index contributed by atoms with van der Waals surface area (Å²) in [5.41, 5.74) is 0.958. The van der Waals surface area contributed by atoms with Gasteiger partial charge in [0.2, 0.25) is 0 Å². The molecule has 0 aromatic carbocycles. The lowest BCUT2D eigenvalue weighted by atomic mass is 10.2. The fourth-order valence-corrected chi connectivity index (χ4v) is 1.07. The maximum absolute atomic E-state index is 4.13. The first-order chi connectivity index (χ1) is 7.85. The fourth-order valence-electron chi connectivity index (χ4n) is 1.07. The zero-order chi connectivity index (χ0) is 12.1. The van der Waals surface area contributed by atoms with Crippen LogP contribution in [0.25, 0.3) is 0 Å². The van der Waals surface area contributed by atoms with Gasteiger partial charge in [0, 0.05) is 19.5 Å². The van der Waals surface area contributed by atoms with Crippen molar-refractivity contribution in [2.45, 2.75) is 19.8 Å². The maximum Gasteiger partial charge on any atom is 0.0584 e. The lowest BCUT2D eigenvalue weighted by molar-refractivity contribution is 1.10. The average molecular weight is 216 g/mol. The van der Waals surface area contributed by atoms with Gasteiger partial charge in [-0.15, -0.1) is 0 Å². The van der Waals surface area contributed by atoms with Crippen molar-refractivity contribution in [3.63, 3.8) is 0 Å². The molecule has 2 nitrogen and oxygen atoms in total. The van der Waals surface area contributed by atoms with Crippen molar-refractivity contribution in [2.24, 2.45) is 9.98 Å². The quantitative estimate of drug-likeness (QED) is 0.457. The SMILES string of the molecule is C=C/N=C(\C=N/C)CC/C=C\C=C/C=CC. The average Bonchev–Trinajstić information content (AvgIpc) is 2.28. The minimum atomic E-state index is 0.886. The number of nitrogens with zero attached hydrogens (tertiary/aromatic N) is 2. The predicted molar refractivity (Wildman–Crippen MR) is 74.4 cm³/mol. The van der Waals surface area contributed by atoms with E-state index in [1.54, 1.807) is 19.5 Å². The number of aliphatic imine (C=N–C) groups is 2. The number of rotatable bonds is 7. The first-order valence-electron chi connectivity index (χ1n) is 5.39. The molecule has 0 saturated carbocycles. The molecule has 0 amide bonds. The second kappa shape index (κ2) is 11.4. The summed E-state index contributed by atoms with van der Waals surface area (Å²) in [4.78, 5) is 8.07. The Balaban J connectivity index is 3.95. The van der Waals surface area contributed by atoms with Gasteiger partial charge < -0.3 is 0 Å². The van der Waals surface area contributed by atoms with Crippen LogP contribution in [-0.2, 0) is 0 Å². The van der Waals surface area contributed by atoms with Gasteiger partial charge in [-0.3, -0.25) is 9.98 Å². The molecule has 0 aliphatic heterocycles. The zero-order valence-corrected chi connectivity index (χ0v) is 10.1. The van der Waals surface area contributed by atoms with E-state index < -0.39 is 0 Å². The summed E-state index contributed by atoms with van der Waals surface area (Å²) in [7, 11) is 1.74. The summed E-state index contributed by atoms with van der Waals surface area (Å²) in [5, 5.41) is 0. The molecule has 0 atom stereocenters. The van der Waals surface area contributed by atoms with Crippen LogP contribution in [0.4, 0.5) is 0 Å². The molecule has 0 aromatic heterocycles. The minimum absolute atomic E-state index is 0.886. The van der Waals surface area contributed by atoms with Crippen LogP contribution in [0.3, 0.4) is 0 Å². The van der Waals surface area contributed by atoms with Gasteiger partial charge in [0.05, 0.1) is 5.71 Å². The summed E-state index contributed by atoms with van der Waals surface area (Å²) in [6, 6.07) is 0. The summed E-state index contributed by atoms with van der Waals surface area (Å²) < 4.78 is 0. The van der Waals surface area contributed by atoms with Crippen molar-refractivity contribution in [3.05, 3.63) is 49.2 Å². The van der Waals surface area contributed by atoms with Crippen LogP contribution in [0.1, 0.15) is 19.8 Å². The molecule has 0 unspecified atom stereocenters. The molecule has 0 aromatic rings. The molecule has 0 radical (unpaired) electrons. The van der Waals surface area contributed by atoms with Gasteiger partial charge in [-0.2, -0.15) is 0 Å². The summed E-state index contributed by atoms with van der Waals surface area (Å²) >= 11 is 0. The highest BCUT2D eigenvalue weighted by Crippen LogP contribution is 1.95. The lowest BCUT2D eigenvalue weighted by Crippen LogP contribution is -1.98. The summed E-state index contributed by atoms with van der Waals surface area (Å²) in [6.45, 7) is 5.57. The van der Waals surface area contributed by atoms with Gasteiger partial charge in [0.25, 0.3) is 0 Å². The van der Waals surface area contributed by atoms with E-state index in [2.05, 4.69) is 22.6 Å². The van der Waals surface area contributed by atoms with Crippen molar-refractivity contribution >= 4 is 11.9 Å². The van der Waals surface area contributed by atoms with Crippen molar-refractivity contribution in [3.8, 4) is 0 Å². The van der Waals surface area contributed by atoms with Gasteiger partial charge in [-0.25, -0.2) is 0 Å². The first kappa shape index (κ1) is 14.3. The van der Waals surface area contributed by atoms with E-state index in [1.165, 1.54) is 0 Å². The largest absolute Gasteiger partial charge is 0.295 e. The Kier molecular flexibility index (Phi) is 10.2. The molecule has 0 bridgehead atoms. The molecule has 0 spiro atoms. The number of hydrogen-bond donors (Lipinski definition) is 0. The van der Waals surface area contributed by atoms with E-state index in [0.717, 1.165) is 18.6 Å². The molecule has 0 rings (SSSR count). The van der Waals surface area contributed by atoms with Crippen LogP contribution < -0.4 is 0 Å². The van der Waals surface area contributed by atoms with E-state index in [-0.39, 0.29) is 0 Å². The third kappa shape index (κ3) is 8.88. The Morgan fingerprint density at radius 3 is 2.56 bits per heavy atom. The van der Waals surface area contributed by atoms with Crippen LogP contribution in [0.15, 0.2) is 59.2 Å². The molecule has 0 aliphatic carbocycles. The molecule has 16 heavy (non-hydrogen) atoms. The van der Waals surface area contributed by atoms with Gasteiger partial charge in [0.15, 0.2) is 0 Å². The van der Waals surface area contributed by atoms with Crippen molar-refractivity contribution in [1.29, 1.82) is 0 Å². The zero-order valence-electron chi connectivity index (χ0n) is 10.1. The number of hydrogen-bond acceptors (Lipinski definition) is 2. The van der Waals surface area contributed by atoms with E-state index >= 15 is 0 Å². The highest BCUT2D eigenvalue weighted by molar-refractivity contribution is 6.30. The van der Waals surface area contributed by atoms with Crippen LogP contribution >= 0.6 is 0 Å².